The average Bonchev–Trinajstić information content (AvgIpc) is 3.03. The number of benzene rings is 1. The van der Waals surface area contributed by atoms with Gasteiger partial charge in [0.05, 0.1) is 6.61 Å². The Morgan fingerprint density at radius 3 is 2.53 bits per heavy atom. The van der Waals surface area contributed by atoms with E-state index in [-0.39, 0.29) is 5.97 Å². The molecule has 0 spiro atoms. The molecule has 0 radical (unpaired) electrons. The molecule has 1 aromatic rings. The predicted molar refractivity (Wildman–Crippen MR) is 73.8 cm³/mol. The Kier molecular flexibility index (Phi) is 3.95. The van der Waals surface area contributed by atoms with Gasteiger partial charge in [-0.15, -0.1) is 0 Å². The topological polar surface area (TPSA) is 38.8 Å². The third-order valence-corrected chi connectivity index (χ3v) is 3.48. The fraction of sp³-hybridized carbons (Fsp3) is 0.562. The van der Waals surface area contributed by atoms with Gasteiger partial charge in [0, 0.05) is 0 Å². The van der Waals surface area contributed by atoms with Crippen molar-refractivity contribution in [1.29, 1.82) is 0 Å². The molecular weight excluding hydrogens is 240 g/mol. The van der Waals surface area contributed by atoms with Crippen LogP contribution in [0.25, 0.3) is 0 Å². The van der Waals surface area contributed by atoms with Crippen LogP contribution in [0.1, 0.15) is 38.8 Å². The highest BCUT2D eigenvalue weighted by Crippen LogP contribution is 2.46. The summed E-state index contributed by atoms with van der Waals surface area (Å²) in [4.78, 5) is 11.7. The molecule has 3 heteroatoms. The molecule has 0 aliphatic carbocycles. The minimum Gasteiger partial charge on any atom is -0.464 e. The molecule has 1 aliphatic rings. The minimum atomic E-state index is -0.511. The zero-order valence-electron chi connectivity index (χ0n) is 12.1. The maximum atomic E-state index is 11.7. The van der Waals surface area contributed by atoms with E-state index in [4.69, 9.17) is 9.47 Å². The number of hydrogen-bond acceptors (Lipinski definition) is 3. The normalized spacial score (nSPS) is 25.4. The van der Waals surface area contributed by atoms with Crippen LogP contribution in [0.3, 0.4) is 0 Å². The van der Waals surface area contributed by atoms with E-state index in [1.165, 1.54) is 5.56 Å². The molecule has 0 saturated carbocycles. The van der Waals surface area contributed by atoms with E-state index in [1.54, 1.807) is 6.92 Å². The van der Waals surface area contributed by atoms with Crippen molar-refractivity contribution in [2.75, 3.05) is 6.61 Å². The molecule has 104 valence electrons. The fourth-order valence-corrected chi connectivity index (χ4v) is 2.36. The summed E-state index contributed by atoms with van der Waals surface area (Å²) in [5.41, 5.74) is 1.84. The molecule has 1 saturated heterocycles. The minimum absolute atomic E-state index is 0.267. The van der Waals surface area contributed by atoms with Crippen LogP contribution >= 0.6 is 0 Å². The van der Waals surface area contributed by atoms with Crippen LogP contribution < -0.4 is 0 Å². The average molecular weight is 262 g/mol. The SMILES string of the molecule is CCOC(=O)C1OC1(C)c1ccc(CC(C)C)cc1. The van der Waals surface area contributed by atoms with Gasteiger partial charge < -0.3 is 9.47 Å². The lowest BCUT2D eigenvalue weighted by molar-refractivity contribution is -0.144. The Labute approximate surface area is 114 Å². The summed E-state index contributed by atoms with van der Waals surface area (Å²) in [7, 11) is 0. The van der Waals surface area contributed by atoms with Crippen LogP contribution in [0.5, 0.6) is 0 Å². The zero-order chi connectivity index (χ0) is 14.0. The second kappa shape index (κ2) is 5.33. The van der Waals surface area contributed by atoms with E-state index in [0.717, 1.165) is 12.0 Å². The first-order valence-electron chi connectivity index (χ1n) is 6.91. The molecule has 0 amide bonds. The summed E-state index contributed by atoms with van der Waals surface area (Å²) in [5.74, 6) is 0.377. The van der Waals surface area contributed by atoms with Crippen molar-refractivity contribution < 1.29 is 14.3 Å². The summed E-state index contributed by atoms with van der Waals surface area (Å²) < 4.78 is 10.5. The molecule has 1 fully saturated rings. The van der Waals surface area contributed by atoms with Gasteiger partial charge in [-0.25, -0.2) is 4.79 Å². The third kappa shape index (κ3) is 2.98. The maximum Gasteiger partial charge on any atom is 0.338 e. The van der Waals surface area contributed by atoms with Crippen LogP contribution in [0.4, 0.5) is 0 Å². The highest BCUT2D eigenvalue weighted by atomic mass is 16.7. The van der Waals surface area contributed by atoms with E-state index < -0.39 is 11.7 Å². The Hall–Kier alpha value is -1.35. The van der Waals surface area contributed by atoms with Gasteiger partial charge in [-0.3, -0.25) is 0 Å². The summed E-state index contributed by atoms with van der Waals surface area (Å²) in [5, 5.41) is 0. The second-order valence-corrected chi connectivity index (χ2v) is 5.65. The summed E-state index contributed by atoms with van der Waals surface area (Å²) in [6, 6.07) is 8.34. The Morgan fingerprint density at radius 1 is 1.37 bits per heavy atom. The Morgan fingerprint density at radius 2 is 2.00 bits per heavy atom. The molecular formula is C16H22O3. The first-order valence-corrected chi connectivity index (χ1v) is 6.91. The second-order valence-electron chi connectivity index (χ2n) is 5.65. The van der Waals surface area contributed by atoms with Crippen LogP contribution in [0, 0.1) is 5.92 Å². The summed E-state index contributed by atoms with van der Waals surface area (Å²) >= 11 is 0. The monoisotopic (exact) mass is 262 g/mol. The first-order chi connectivity index (χ1) is 8.97. The van der Waals surface area contributed by atoms with Crippen molar-refractivity contribution >= 4 is 5.97 Å². The maximum absolute atomic E-state index is 11.7. The molecule has 1 aliphatic heterocycles. The number of esters is 1. The lowest BCUT2D eigenvalue weighted by Crippen LogP contribution is -2.18. The fourth-order valence-electron chi connectivity index (χ4n) is 2.36. The predicted octanol–water partition coefficient (Wildman–Crippen LogP) is 3.06. The number of hydrogen-bond donors (Lipinski definition) is 0. The highest BCUT2D eigenvalue weighted by molar-refractivity contribution is 5.79. The van der Waals surface area contributed by atoms with Crippen LogP contribution in [-0.2, 0) is 26.3 Å². The van der Waals surface area contributed by atoms with Gasteiger partial charge in [0.25, 0.3) is 0 Å². The van der Waals surface area contributed by atoms with Crippen molar-refractivity contribution in [3.05, 3.63) is 35.4 Å². The van der Waals surface area contributed by atoms with Gasteiger partial charge in [-0.05, 0) is 37.3 Å². The molecule has 0 N–H and O–H groups in total. The molecule has 2 rings (SSSR count). The van der Waals surface area contributed by atoms with Gasteiger partial charge in [0.2, 0.25) is 0 Å². The van der Waals surface area contributed by atoms with Gasteiger partial charge in [0.1, 0.15) is 5.60 Å². The Balaban J connectivity index is 2.05. The number of ether oxygens (including phenoxy) is 2. The zero-order valence-corrected chi connectivity index (χ0v) is 12.1. The van der Waals surface area contributed by atoms with E-state index in [2.05, 4.69) is 38.1 Å². The lowest BCUT2D eigenvalue weighted by atomic mass is 9.94. The van der Waals surface area contributed by atoms with Crippen molar-refractivity contribution in [2.24, 2.45) is 5.92 Å². The molecule has 0 aromatic heterocycles. The van der Waals surface area contributed by atoms with Crippen LogP contribution in [0.15, 0.2) is 24.3 Å². The van der Waals surface area contributed by atoms with Crippen molar-refractivity contribution in [3.63, 3.8) is 0 Å². The standard InChI is InChI=1S/C16H22O3/c1-5-18-15(17)14-16(4,19-14)13-8-6-12(7-9-13)10-11(2)3/h6-9,11,14H,5,10H2,1-4H3. The quantitative estimate of drug-likeness (QED) is 0.604. The van der Waals surface area contributed by atoms with Crippen molar-refractivity contribution in [2.45, 2.75) is 45.8 Å². The summed E-state index contributed by atoms with van der Waals surface area (Å²) in [6.45, 7) is 8.54. The van der Waals surface area contributed by atoms with Crippen molar-refractivity contribution in [3.8, 4) is 0 Å². The van der Waals surface area contributed by atoms with Crippen molar-refractivity contribution in [1.82, 2.24) is 0 Å². The smallest absolute Gasteiger partial charge is 0.338 e. The van der Waals surface area contributed by atoms with Crippen LogP contribution in [0.2, 0.25) is 0 Å². The first kappa shape index (κ1) is 14.1. The molecule has 19 heavy (non-hydrogen) atoms. The molecule has 2 atom stereocenters. The van der Waals surface area contributed by atoms with Gasteiger partial charge in [0.15, 0.2) is 6.10 Å². The number of carbonyl (C=O) groups excluding carboxylic acids is 1. The summed E-state index contributed by atoms with van der Waals surface area (Å²) in [6.07, 6.45) is 0.613. The van der Waals surface area contributed by atoms with Gasteiger partial charge >= 0.3 is 5.97 Å². The van der Waals surface area contributed by atoms with Gasteiger partial charge in [-0.1, -0.05) is 38.1 Å². The third-order valence-electron chi connectivity index (χ3n) is 3.48. The highest BCUT2D eigenvalue weighted by Gasteiger charge is 2.59. The van der Waals surface area contributed by atoms with E-state index in [9.17, 15) is 4.79 Å². The van der Waals surface area contributed by atoms with E-state index in [1.807, 2.05) is 6.92 Å². The molecule has 3 nitrogen and oxygen atoms in total. The van der Waals surface area contributed by atoms with Gasteiger partial charge in [-0.2, -0.15) is 0 Å². The molecule has 2 unspecified atom stereocenters. The molecule has 1 aromatic carbocycles. The largest absolute Gasteiger partial charge is 0.464 e. The number of rotatable bonds is 5. The van der Waals surface area contributed by atoms with E-state index >= 15 is 0 Å². The Bertz CT molecular complexity index is 450. The lowest BCUT2D eigenvalue weighted by Gasteiger charge is -2.09. The molecule has 0 bridgehead atoms. The van der Waals surface area contributed by atoms with E-state index in [0.29, 0.717) is 12.5 Å². The number of carbonyl (C=O) groups is 1. The number of epoxide rings is 1. The van der Waals surface area contributed by atoms with Crippen LogP contribution in [-0.4, -0.2) is 18.7 Å². The molecule has 1 heterocycles.